The van der Waals surface area contributed by atoms with E-state index in [-0.39, 0.29) is 11.8 Å². The molecule has 0 saturated heterocycles. The van der Waals surface area contributed by atoms with E-state index >= 15 is 0 Å². The van der Waals surface area contributed by atoms with Crippen molar-refractivity contribution in [2.75, 3.05) is 0 Å². The van der Waals surface area contributed by atoms with Crippen LogP contribution in [0.1, 0.15) is 53.0 Å². The third-order valence-corrected chi connectivity index (χ3v) is 5.09. The lowest BCUT2D eigenvalue weighted by molar-refractivity contribution is -0.138. The Hall–Kier alpha value is -1.29. The first kappa shape index (κ1) is 15.6. The van der Waals surface area contributed by atoms with E-state index in [9.17, 15) is 13.2 Å². The van der Waals surface area contributed by atoms with Crippen LogP contribution < -0.4 is 0 Å². The molecule has 116 valence electrons. The van der Waals surface area contributed by atoms with Crippen molar-refractivity contribution >= 4 is 15.9 Å². The molecule has 0 amide bonds. The molecule has 0 saturated carbocycles. The molecule has 0 spiro atoms. The molecule has 2 unspecified atom stereocenters. The van der Waals surface area contributed by atoms with Gasteiger partial charge in [-0.3, -0.25) is 0 Å². The van der Waals surface area contributed by atoms with Crippen LogP contribution in [0, 0.1) is 0 Å². The second-order valence-corrected chi connectivity index (χ2v) is 6.43. The van der Waals surface area contributed by atoms with E-state index in [0.717, 1.165) is 17.5 Å². The molecule has 1 aliphatic rings. The Balaban J connectivity index is 2.13. The van der Waals surface area contributed by atoms with Gasteiger partial charge in [-0.25, -0.2) is 0 Å². The topological polar surface area (TPSA) is 0 Å². The second-order valence-electron chi connectivity index (χ2n) is 5.87. The molecular weight excluding hydrogens is 353 g/mol. The maximum atomic E-state index is 13.3. The maximum absolute atomic E-state index is 13.3. The Morgan fingerprint density at radius 3 is 2.45 bits per heavy atom. The van der Waals surface area contributed by atoms with Gasteiger partial charge in [-0.05, 0) is 40.7 Å². The number of rotatable bonds is 2. The molecular formula is C18H16BrF3. The summed E-state index contributed by atoms with van der Waals surface area (Å²) in [5, 5.41) is 0.711. The van der Waals surface area contributed by atoms with Gasteiger partial charge in [-0.15, -0.1) is 0 Å². The summed E-state index contributed by atoms with van der Waals surface area (Å²) >= 11 is 3.42. The summed E-state index contributed by atoms with van der Waals surface area (Å²) in [4.78, 5) is 0. The van der Waals surface area contributed by atoms with E-state index in [1.54, 1.807) is 12.1 Å². The fourth-order valence-electron chi connectivity index (χ4n) is 3.42. The number of hydrogen-bond acceptors (Lipinski definition) is 0. The van der Waals surface area contributed by atoms with Gasteiger partial charge in [0.25, 0.3) is 0 Å². The molecule has 0 nitrogen and oxygen atoms in total. The number of halogens is 4. The van der Waals surface area contributed by atoms with Crippen LogP contribution in [-0.2, 0) is 11.5 Å². The number of benzene rings is 2. The van der Waals surface area contributed by atoms with Crippen molar-refractivity contribution in [2.24, 2.45) is 0 Å². The SMILES string of the molecule is CC1CC(c2ccccc2C(F)(F)F)c2cc(CBr)ccc21. The fourth-order valence-corrected chi connectivity index (χ4v) is 3.77. The fraction of sp³-hybridized carbons (Fsp3) is 0.333. The predicted octanol–water partition coefficient (Wildman–Crippen LogP) is 6.24. The Kier molecular flexibility index (Phi) is 4.06. The highest BCUT2D eigenvalue weighted by Crippen LogP contribution is 2.48. The van der Waals surface area contributed by atoms with Gasteiger partial charge in [0, 0.05) is 11.2 Å². The van der Waals surface area contributed by atoms with E-state index in [1.165, 1.54) is 17.7 Å². The molecule has 1 aliphatic carbocycles. The summed E-state index contributed by atoms with van der Waals surface area (Å²) < 4.78 is 39.9. The van der Waals surface area contributed by atoms with Gasteiger partial charge in [0.05, 0.1) is 5.56 Å². The molecule has 0 bridgehead atoms. The summed E-state index contributed by atoms with van der Waals surface area (Å²) in [6.07, 6.45) is -3.58. The van der Waals surface area contributed by atoms with Crippen LogP contribution in [0.15, 0.2) is 42.5 Å². The highest BCUT2D eigenvalue weighted by molar-refractivity contribution is 9.08. The Morgan fingerprint density at radius 2 is 1.77 bits per heavy atom. The molecule has 22 heavy (non-hydrogen) atoms. The molecule has 0 fully saturated rings. The quantitative estimate of drug-likeness (QED) is 0.550. The highest BCUT2D eigenvalue weighted by atomic mass is 79.9. The van der Waals surface area contributed by atoms with Crippen molar-refractivity contribution in [3.05, 3.63) is 70.3 Å². The van der Waals surface area contributed by atoms with E-state index < -0.39 is 11.7 Å². The largest absolute Gasteiger partial charge is 0.416 e. The summed E-state index contributed by atoms with van der Waals surface area (Å²) in [5.41, 5.74) is 3.20. The van der Waals surface area contributed by atoms with Gasteiger partial charge in [0.15, 0.2) is 0 Å². The normalized spacial score (nSPS) is 21.0. The first-order valence-electron chi connectivity index (χ1n) is 7.26. The molecule has 2 aromatic rings. The average Bonchev–Trinajstić information content (AvgIpc) is 2.83. The third-order valence-electron chi connectivity index (χ3n) is 4.44. The molecule has 2 atom stereocenters. The van der Waals surface area contributed by atoms with Crippen LogP contribution >= 0.6 is 15.9 Å². The van der Waals surface area contributed by atoms with Crippen LogP contribution in [0.4, 0.5) is 13.2 Å². The molecule has 0 aromatic heterocycles. The smallest absolute Gasteiger partial charge is 0.166 e. The zero-order chi connectivity index (χ0) is 15.9. The zero-order valence-electron chi connectivity index (χ0n) is 12.1. The van der Waals surface area contributed by atoms with Crippen molar-refractivity contribution in [1.82, 2.24) is 0 Å². The van der Waals surface area contributed by atoms with Gasteiger partial charge in [-0.2, -0.15) is 13.2 Å². The van der Waals surface area contributed by atoms with Crippen LogP contribution in [0.25, 0.3) is 0 Å². The average molecular weight is 369 g/mol. The molecule has 4 heteroatoms. The highest BCUT2D eigenvalue weighted by Gasteiger charge is 2.38. The van der Waals surface area contributed by atoms with Gasteiger partial charge in [0.1, 0.15) is 0 Å². The molecule has 0 heterocycles. The van der Waals surface area contributed by atoms with Crippen molar-refractivity contribution in [3.8, 4) is 0 Å². The van der Waals surface area contributed by atoms with Crippen LogP contribution in [0.5, 0.6) is 0 Å². The van der Waals surface area contributed by atoms with E-state index in [0.29, 0.717) is 10.9 Å². The summed E-state index contributed by atoms with van der Waals surface area (Å²) in [7, 11) is 0. The Labute approximate surface area is 136 Å². The first-order chi connectivity index (χ1) is 10.4. The third kappa shape index (κ3) is 2.69. The van der Waals surface area contributed by atoms with Gasteiger partial charge in [0.2, 0.25) is 0 Å². The lowest BCUT2D eigenvalue weighted by Gasteiger charge is -2.19. The Bertz CT molecular complexity index is 691. The lowest BCUT2D eigenvalue weighted by atomic mass is 9.88. The lowest BCUT2D eigenvalue weighted by Crippen LogP contribution is -2.11. The summed E-state index contributed by atoms with van der Waals surface area (Å²) in [5.74, 6) is 0.104. The van der Waals surface area contributed by atoms with Crippen molar-refractivity contribution in [3.63, 3.8) is 0 Å². The van der Waals surface area contributed by atoms with Gasteiger partial charge >= 0.3 is 6.18 Å². The molecule has 0 aliphatic heterocycles. The summed E-state index contributed by atoms with van der Waals surface area (Å²) in [6.45, 7) is 2.09. The minimum atomic E-state index is -4.31. The second kappa shape index (κ2) is 5.73. The van der Waals surface area contributed by atoms with Crippen molar-refractivity contribution < 1.29 is 13.2 Å². The van der Waals surface area contributed by atoms with Crippen molar-refractivity contribution in [1.29, 1.82) is 0 Å². The van der Waals surface area contributed by atoms with Gasteiger partial charge < -0.3 is 0 Å². The van der Waals surface area contributed by atoms with Gasteiger partial charge in [-0.1, -0.05) is 59.3 Å². The van der Waals surface area contributed by atoms with E-state index in [4.69, 9.17) is 0 Å². The number of alkyl halides is 4. The molecule has 0 radical (unpaired) electrons. The standard InChI is InChI=1S/C18H16BrF3/c1-11-8-15(16-9-12(10-19)6-7-13(11)16)14-4-2-3-5-17(14)18(20,21)22/h2-7,9,11,15H,8,10H2,1H3. The number of fused-ring (bicyclic) bond motifs is 1. The summed E-state index contributed by atoms with van der Waals surface area (Å²) in [6, 6.07) is 12.1. The van der Waals surface area contributed by atoms with E-state index in [2.05, 4.69) is 28.9 Å². The van der Waals surface area contributed by atoms with Crippen molar-refractivity contribution in [2.45, 2.75) is 36.7 Å². The minimum absolute atomic E-state index is 0.179. The maximum Gasteiger partial charge on any atom is 0.416 e. The van der Waals surface area contributed by atoms with E-state index in [1.807, 2.05) is 12.1 Å². The minimum Gasteiger partial charge on any atom is -0.166 e. The molecule has 3 rings (SSSR count). The van der Waals surface area contributed by atoms with Crippen LogP contribution in [0.3, 0.4) is 0 Å². The van der Waals surface area contributed by atoms with Crippen LogP contribution in [0.2, 0.25) is 0 Å². The molecule has 0 N–H and O–H groups in total. The first-order valence-corrected chi connectivity index (χ1v) is 8.38. The predicted molar refractivity (Wildman–Crippen MR) is 85.4 cm³/mol. The molecule has 2 aromatic carbocycles. The zero-order valence-corrected chi connectivity index (χ0v) is 13.7. The number of hydrogen-bond donors (Lipinski definition) is 0. The monoisotopic (exact) mass is 368 g/mol. The van der Waals surface area contributed by atoms with Crippen LogP contribution in [-0.4, -0.2) is 0 Å². The Morgan fingerprint density at radius 1 is 1.05 bits per heavy atom.